The van der Waals surface area contributed by atoms with Gasteiger partial charge in [-0.3, -0.25) is 0 Å². The minimum absolute atomic E-state index is 0.148. The number of piperidine rings is 1. The van der Waals surface area contributed by atoms with Crippen LogP contribution in [0.4, 0.5) is 24.9 Å². The lowest BCUT2D eigenvalue weighted by molar-refractivity contribution is -0.141. The number of anilines is 2. The molecular weight excluding hydrogens is 355 g/mol. The van der Waals surface area contributed by atoms with Gasteiger partial charge in [0, 0.05) is 32.8 Å². The van der Waals surface area contributed by atoms with Crippen LogP contribution in [0.15, 0.2) is 6.07 Å². The van der Waals surface area contributed by atoms with Crippen molar-refractivity contribution in [3.63, 3.8) is 0 Å². The molecule has 1 unspecified atom stereocenters. The lowest BCUT2D eigenvalue weighted by Crippen LogP contribution is -2.36. The number of hydrogen-bond donors (Lipinski definition) is 2. The van der Waals surface area contributed by atoms with Crippen LogP contribution in [-0.2, 0) is 10.9 Å². The fourth-order valence-corrected chi connectivity index (χ4v) is 2.80. The summed E-state index contributed by atoms with van der Waals surface area (Å²) in [7, 11) is 1.54. The van der Waals surface area contributed by atoms with Gasteiger partial charge in [-0.15, -0.1) is 0 Å². The van der Waals surface area contributed by atoms with Crippen molar-refractivity contribution in [1.29, 1.82) is 0 Å². The number of rotatable bonds is 5. The Labute approximate surface area is 150 Å². The summed E-state index contributed by atoms with van der Waals surface area (Å²) >= 11 is 5.05. The second-order valence-corrected chi connectivity index (χ2v) is 6.41. The SMILES string of the molecule is COCCNC(=S)Nc1nc(N2CCCC(C)C2)cc(C(F)(F)F)n1. The van der Waals surface area contributed by atoms with Crippen molar-refractivity contribution < 1.29 is 17.9 Å². The van der Waals surface area contributed by atoms with Crippen LogP contribution in [0.2, 0.25) is 0 Å². The molecule has 0 bridgehead atoms. The predicted octanol–water partition coefficient (Wildman–Crippen LogP) is 2.66. The van der Waals surface area contributed by atoms with Gasteiger partial charge in [-0.1, -0.05) is 6.92 Å². The standard InChI is InChI=1S/C15H22F3N5OS/c1-10-4-3-6-23(9-10)12-8-11(15(16,17)18)20-13(21-12)22-14(25)19-5-7-24-2/h8,10H,3-7,9H2,1-2H3,(H2,19,20,21,22,25). The Morgan fingerprint density at radius 1 is 1.44 bits per heavy atom. The summed E-state index contributed by atoms with van der Waals surface area (Å²) in [6.45, 7) is 4.27. The molecule has 1 fully saturated rings. The van der Waals surface area contributed by atoms with E-state index < -0.39 is 11.9 Å². The zero-order chi connectivity index (χ0) is 18.4. The summed E-state index contributed by atoms with van der Waals surface area (Å²) in [6.07, 6.45) is -2.57. The molecule has 2 rings (SSSR count). The van der Waals surface area contributed by atoms with Gasteiger partial charge in [0.25, 0.3) is 0 Å². The molecule has 0 aliphatic carbocycles. The summed E-state index contributed by atoms with van der Waals surface area (Å²) in [6, 6.07) is 0.991. The summed E-state index contributed by atoms with van der Waals surface area (Å²) in [5.41, 5.74) is -0.988. The summed E-state index contributed by atoms with van der Waals surface area (Å²) in [5, 5.41) is 5.58. The molecule has 25 heavy (non-hydrogen) atoms. The third-order valence-electron chi connectivity index (χ3n) is 3.80. The number of methoxy groups -OCH3 is 1. The highest BCUT2D eigenvalue weighted by molar-refractivity contribution is 7.80. The van der Waals surface area contributed by atoms with E-state index in [1.807, 2.05) is 4.90 Å². The van der Waals surface area contributed by atoms with E-state index in [4.69, 9.17) is 17.0 Å². The van der Waals surface area contributed by atoms with Crippen LogP contribution < -0.4 is 15.5 Å². The highest BCUT2D eigenvalue weighted by Gasteiger charge is 2.34. The predicted molar refractivity (Wildman–Crippen MR) is 93.7 cm³/mol. The molecule has 1 atom stereocenters. The van der Waals surface area contributed by atoms with Crippen LogP contribution in [0.25, 0.3) is 0 Å². The van der Waals surface area contributed by atoms with E-state index in [9.17, 15) is 13.2 Å². The lowest BCUT2D eigenvalue weighted by atomic mass is 10.0. The van der Waals surface area contributed by atoms with Gasteiger partial charge in [0.05, 0.1) is 6.61 Å². The van der Waals surface area contributed by atoms with Gasteiger partial charge in [0.2, 0.25) is 5.95 Å². The molecule has 1 aliphatic rings. The average molecular weight is 377 g/mol. The lowest BCUT2D eigenvalue weighted by Gasteiger charge is -2.32. The smallest absolute Gasteiger partial charge is 0.383 e. The molecule has 0 aromatic carbocycles. The molecule has 6 nitrogen and oxygen atoms in total. The Balaban J connectivity index is 2.20. The molecule has 0 saturated carbocycles. The molecule has 0 radical (unpaired) electrons. The van der Waals surface area contributed by atoms with Crippen LogP contribution in [0.5, 0.6) is 0 Å². The third kappa shape index (κ3) is 5.96. The highest BCUT2D eigenvalue weighted by Crippen LogP contribution is 2.31. The fourth-order valence-electron chi connectivity index (χ4n) is 2.61. The maximum absolute atomic E-state index is 13.2. The maximum Gasteiger partial charge on any atom is 0.433 e. The molecule has 0 amide bonds. The van der Waals surface area contributed by atoms with Crippen LogP contribution in [-0.4, -0.2) is 48.4 Å². The molecule has 2 N–H and O–H groups in total. The number of nitrogens with one attached hydrogen (secondary N) is 2. The number of thiocarbonyl (C=S) groups is 1. The van der Waals surface area contributed by atoms with Gasteiger partial charge in [-0.05, 0) is 31.0 Å². The van der Waals surface area contributed by atoms with Crippen molar-refractivity contribution in [1.82, 2.24) is 15.3 Å². The van der Waals surface area contributed by atoms with E-state index in [1.165, 1.54) is 0 Å². The highest BCUT2D eigenvalue weighted by atomic mass is 32.1. The Kier molecular flexibility index (Phi) is 6.77. The van der Waals surface area contributed by atoms with Crippen molar-refractivity contribution in [3.05, 3.63) is 11.8 Å². The first-order valence-electron chi connectivity index (χ1n) is 8.04. The Bertz CT molecular complexity index is 599. The van der Waals surface area contributed by atoms with Gasteiger partial charge >= 0.3 is 6.18 Å². The molecule has 2 heterocycles. The molecule has 0 spiro atoms. The molecular formula is C15H22F3N5OS. The first-order valence-corrected chi connectivity index (χ1v) is 8.45. The number of ether oxygens (including phenoxy) is 1. The van der Waals surface area contributed by atoms with Gasteiger partial charge in [0.15, 0.2) is 10.8 Å². The van der Waals surface area contributed by atoms with Crippen molar-refractivity contribution >= 4 is 29.1 Å². The fraction of sp³-hybridized carbons (Fsp3) is 0.667. The average Bonchev–Trinajstić information content (AvgIpc) is 2.54. The number of alkyl halides is 3. The molecule has 1 aromatic rings. The van der Waals surface area contributed by atoms with Gasteiger partial charge < -0.3 is 20.3 Å². The summed E-state index contributed by atoms with van der Waals surface area (Å²) in [5.74, 6) is 0.500. The van der Waals surface area contributed by atoms with E-state index in [2.05, 4.69) is 27.5 Å². The number of nitrogens with zero attached hydrogens (tertiary/aromatic N) is 3. The molecule has 1 saturated heterocycles. The van der Waals surface area contributed by atoms with E-state index in [0.29, 0.717) is 32.2 Å². The zero-order valence-corrected chi connectivity index (χ0v) is 15.0. The number of hydrogen-bond acceptors (Lipinski definition) is 5. The first kappa shape index (κ1) is 19.6. The van der Waals surface area contributed by atoms with Crippen molar-refractivity contribution in [2.45, 2.75) is 25.9 Å². The van der Waals surface area contributed by atoms with Crippen LogP contribution in [0.1, 0.15) is 25.5 Å². The second kappa shape index (κ2) is 8.61. The molecule has 10 heteroatoms. The quantitative estimate of drug-likeness (QED) is 0.604. The summed E-state index contributed by atoms with van der Waals surface area (Å²) in [4.78, 5) is 9.63. The van der Waals surface area contributed by atoms with E-state index in [1.54, 1.807) is 7.11 Å². The number of halogens is 3. The third-order valence-corrected chi connectivity index (χ3v) is 4.05. The molecule has 1 aliphatic heterocycles. The minimum Gasteiger partial charge on any atom is -0.383 e. The second-order valence-electron chi connectivity index (χ2n) is 6.00. The van der Waals surface area contributed by atoms with Crippen LogP contribution in [0.3, 0.4) is 0 Å². The van der Waals surface area contributed by atoms with Crippen LogP contribution in [0, 0.1) is 5.92 Å². The molecule has 1 aromatic heterocycles. The van der Waals surface area contributed by atoms with E-state index in [0.717, 1.165) is 18.9 Å². The number of aromatic nitrogens is 2. The molecule has 140 valence electrons. The zero-order valence-electron chi connectivity index (χ0n) is 14.2. The van der Waals surface area contributed by atoms with Gasteiger partial charge in [0.1, 0.15) is 5.82 Å². The van der Waals surface area contributed by atoms with E-state index >= 15 is 0 Å². The van der Waals surface area contributed by atoms with Gasteiger partial charge in [-0.25, -0.2) is 4.98 Å². The van der Waals surface area contributed by atoms with Crippen LogP contribution >= 0.6 is 12.2 Å². The monoisotopic (exact) mass is 377 g/mol. The largest absolute Gasteiger partial charge is 0.433 e. The Morgan fingerprint density at radius 2 is 2.20 bits per heavy atom. The Morgan fingerprint density at radius 3 is 2.84 bits per heavy atom. The topological polar surface area (TPSA) is 62.3 Å². The van der Waals surface area contributed by atoms with E-state index in [-0.39, 0.29) is 16.9 Å². The van der Waals surface area contributed by atoms with Crippen molar-refractivity contribution in [3.8, 4) is 0 Å². The van der Waals surface area contributed by atoms with Crippen molar-refractivity contribution in [2.24, 2.45) is 5.92 Å². The first-order chi connectivity index (χ1) is 11.8. The van der Waals surface area contributed by atoms with Gasteiger partial charge in [-0.2, -0.15) is 18.2 Å². The van der Waals surface area contributed by atoms with Crippen molar-refractivity contribution in [2.75, 3.05) is 43.6 Å². The Hall–Kier alpha value is -1.68. The normalized spacial score (nSPS) is 18.1. The summed E-state index contributed by atoms with van der Waals surface area (Å²) < 4.78 is 44.4. The minimum atomic E-state index is -4.55. The maximum atomic E-state index is 13.2.